The van der Waals surface area contributed by atoms with Crippen LogP contribution in [0.25, 0.3) is 11.0 Å². The van der Waals surface area contributed by atoms with E-state index in [0.29, 0.717) is 17.3 Å². The summed E-state index contributed by atoms with van der Waals surface area (Å²) in [5, 5.41) is 0.505. The van der Waals surface area contributed by atoms with Gasteiger partial charge in [0.2, 0.25) is 10.0 Å². The molecule has 0 atom stereocenters. The van der Waals surface area contributed by atoms with Gasteiger partial charge in [0.15, 0.2) is 0 Å². The lowest BCUT2D eigenvalue weighted by Gasteiger charge is -2.18. The van der Waals surface area contributed by atoms with Crippen molar-refractivity contribution in [2.75, 3.05) is 26.0 Å². The Labute approximate surface area is 158 Å². The van der Waals surface area contributed by atoms with Crippen LogP contribution in [0.5, 0.6) is 5.75 Å². The summed E-state index contributed by atoms with van der Waals surface area (Å²) in [5.41, 5.74) is 1.78. The van der Waals surface area contributed by atoms with Crippen molar-refractivity contribution >= 4 is 32.7 Å². The first kappa shape index (κ1) is 18.7. The Kier molecular flexibility index (Phi) is 5.80. The first-order chi connectivity index (χ1) is 12.5. The molecule has 1 aromatic heterocycles. The van der Waals surface area contributed by atoms with Gasteiger partial charge in [-0.1, -0.05) is 35.9 Å². The van der Waals surface area contributed by atoms with Crippen molar-refractivity contribution in [2.24, 2.45) is 0 Å². The summed E-state index contributed by atoms with van der Waals surface area (Å²) < 4.78 is 33.7. The van der Waals surface area contributed by atoms with E-state index in [1.54, 1.807) is 25.5 Å². The molecular formula is C18H20ClN3O3S. The normalized spacial score (nSPS) is 12.0. The molecule has 2 aromatic carbocycles. The van der Waals surface area contributed by atoms with Gasteiger partial charge in [-0.15, -0.1) is 0 Å². The third-order valence-electron chi connectivity index (χ3n) is 4.09. The number of benzene rings is 2. The summed E-state index contributed by atoms with van der Waals surface area (Å²) in [6.07, 6.45) is 1.67. The van der Waals surface area contributed by atoms with Crippen molar-refractivity contribution in [3.63, 3.8) is 0 Å². The highest BCUT2D eigenvalue weighted by Crippen LogP contribution is 2.23. The molecule has 1 heterocycles. The number of rotatable bonds is 8. The number of aromatic nitrogens is 2. The lowest BCUT2D eigenvalue weighted by Crippen LogP contribution is -2.34. The molecule has 0 saturated carbocycles. The summed E-state index contributed by atoms with van der Waals surface area (Å²) in [7, 11) is -1.84. The predicted molar refractivity (Wildman–Crippen MR) is 103 cm³/mol. The van der Waals surface area contributed by atoms with Crippen molar-refractivity contribution in [1.29, 1.82) is 0 Å². The zero-order valence-electron chi connectivity index (χ0n) is 14.4. The van der Waals surface area contributed by atoms with E-state index in [1.165, 1.54) is 4.31 Å². The van der Waals surface area contributed by atoms with E-state index in [4.69, 9.17) is 16.3 Å². The van der Waals surface area contributed by atoms with E-state index in [1.807, 2.05) is 41.0 Å². The van der Waals surface area contributed by atoms with Gasteiger partial charge in [-0.2, -0.15) is 0 Å². The number of sulfonamides is 1. The fraction of sp³-hybridized carbons (Fsp3) is 0.278. The van der Waals surface area contributed by atoms with Crippen LogP contribution >= 0.6 is 11.6 Å². The van der Waals surface area contributed by atoms with Gasteiger partial charge in [0.1, 0.15) is 12.4 Å². The molecule has 6 nitrogen and oxygen atoms in total. The van der Waals surface area contributed by atoms with Crippen LogP contribution in [0.4, 0.5) is 0 Å². The Morgan fingerprint density at radius 3 is 2.69 bits per heavy atom. The Balaban J connectivity index is 1.55. The van der Waals surface area contributed by atoms with E-state index in [9.17, 15) is 8.42 Å². The number of nitrogens with zero attached hydrogens (tertiary/aromatic N) is 3. The molecule has 138 valence electrons. The average Bonchev–Trinajstić information content (AvgIpc) is 3.05. The molecule has 0 bridgehead atoms. The SMILES string of the molecule is CN(CCOc1ccccc1Cl)S(=O)(=O)CCn1cnc2ccccc21. The molecule has 0 aliphatic rings. The number of para-hydroxylation sites is 3. The van der Waals surface area contributed by atoms with Crippen LogP contribution in [0.3, 0.4) is 0 Å². The smallest absolute Gasteiger partial charge is 0.215 e. The fourth-order valence-corrected chi connectivity index (χ4v) is 3.83. The molecule has 0 spiro atoms. The van der Waals surface area contributed by atoms with Crippen LogP contribution in [0.1, 0.15) is 0 Å². The molecule has 0 aliphatic carbocycles. The Morgan fingerprint density at radius 1 is 1.15 bits per heavy atom. The topological polar surface area (TPSA) is 64.4 Å². The highest BCUT2D eigenvalue weighted by molar-refractivity contribution is 7.89. The van der Waals surface area contributed by atoms with Gasteiger partial charge in [0, 0.05) is 20.1 Å². The lowest BCUT2D eigenvalue weighted by atomic mass is 10.3. The van der Waals surface area contributed by atoms with Crippen LogP contribution in [0, 0.1) is 0 Å². The molecule has 0 fully saturated rings. The predicted octanol–water partition coefficient (Wildman–Crippen LogP) is 3.03. The van der Waals surface area contributed by atoms with Gasteiger partial charge >= 0.3 is 0 Å². The van der Waals surface area contributed by atoms with Crippen LogP contribution < -0.4 is 4.74 Å². The first-order valence-electron chi connectivity index (χ1n) is 8.18. The molecule has 8 heteroatoms. The van der Waals surface area contributed by atoms with E-state index in [2.05, 4.69) is 4.98 Å². The monoisotopic (exact) mass is 393 g/mol. The van der Waals surface area contributed by atoms with Gasteiger partial charge in [0.05, 0.1) is 28.1 Å². The molecule has 26 heavy (non-hydrogen) atoms. The first-order valence-corrected chi connectivity index (χ1v) is 10.2. The number of halogens is 1. The van der Waals surface area contributed by atoms with Crippen molar-refractivity contribution in [3.05, 3.63) is 59.9 Å². The summed E-state index contributed by atoms with van der Waals surface area (Å²) in [6.45, 7) is 0.824. The Hall–Kier alpha value is -2.09. The van der Waals surface area contributed by atoms with Crippen molar-refractivity contribution in [1.82, 2.24) is 13.9 Å². The van der Waals surface area contributed by atoms with Crippen LogP contribution in [-0.2, 0) is 16.6 Å². The van der Waals surface area contributed by atoms with Crippen molar-refractivity contribution < 1.29 is 13.2 Å². The number of aryl methyl sites for hydroxylation is 1. The van der Waals surface area contributed by atoms with E-state index < -0.39 is 10.0 Å². The molecule has 0 aliphatic heterocycles. The summed E-state index contributed by atoms with van der Waals surface area (Å²) >= 11 is 6.02. The second-order valence-corrected chi connectivity index (χ2v) is 8.45. The van der Waals surface area contributed by atoms with E-state index >= 15 is 0 Å². The number of fused-ring (bicyclic) bond motifs is 1. The number of likely N-dealkylation sites (N-methyl/N-ethyl adjacent to an activating group) is 1. The summed E-state index contributed by atoms with van der Waals surface area (Å²) in [5.74, 6) is 0.542. The number of hydrogen-bond donors (Lipinski definition) is 0. The van der Waals surface area contributed by atoms with Crippen LogP contribution in [0.2, 0.25) is 5.02 Å². The highest BCUT2D eigenvalue weighted by Gasteiger charge is 2.18. The number of ether oxygens (including phenoxy) is 1. The molecule has 0 amide bonds. The number of hydrogen-bond acceptors (Lipinski definition) is 4. The molecule has 0 saturated heterocycles. The van der Waals surface area contributed by atoms with Crippen LogP contribution in [0.15, 0.2) is 54.9 Å². The standard InChI is InChI=1S/C18H20ClN3O3S/c1-21(10-12-25-18-9-5-2-6-15(18)19)26(23,24)13-11-22-14-20-16-7-3-4-8-17(16)22/h2-9,14H,10-13H2,1H3. The maximum atomic E-state index is 12.5. The zero-order chi connectivity index (χ0) is 18.6. The minimum atomic E-state index is -3.40. The van der Waals surface area contributed by atoms with Gasteiger partial charge in [-0.05, 0) is 24.3 Å². The zero-order valence-corrected chi connectivity index (χ0v) is 15.9. The van der Waals surface area contributed by atoms with Gasteiger partial charge in [-0.3, -0.25) is 0 Å². The van der Waals surface area contributed by atoms with Crippen molar-refractivity contribution in [2.45, 2.75) is 6.54 Å². The third kappa shape index (κ3) is 4.35. The van der Waals surface area contributed by atoms with E-state index in [0.717, 1.165) is 11.0 Å². The molecule has 0 unspecified atom stereocenters. The second-order valence-electron chi connectivity index (χ2n) is 5.84. The lowest BCUT2D eigenvalue weighted by molar-refractivity contribution is 0.287. The molecular weight excluding hydrogens is 374 g/mol. The molecule has 3 aromatic rings. The minimum Gasteiger partial charge on any atom is -0.491 e. The summed E-state index contributed by atoms with van der Waals surface area (Å²) in [6, 6.07) is 14.8. The van der Waals surface area contributed by atoms with Gasteiger partial charge in [-0.25, -0.2) is 17.7 Å². The summed E-state index contributed by atoms with van der Waals surface area (Å²) in [4.78, 5) is 4.28. The maximum absolute atomic E-state index is 12.5. The van der Waals surface area contributed by atoms with Gasteiger partial charge in [0.25, 0.3) is 0 Å². The highest BCUT2D eigenvalue weighted by atomic mass is 35.5. The van der Waals surface area contributed by atoms with Crippen molar-refractivity contribution in [3.8, 4) is 5.75 Å². The fourth-order valence-electron chi connectivity index (χ4n) is 2.54. The minimum absolute atomic E-state index is 0.00402. The average molecular weight is 394 g/mol. The van der Waals surface area contributed by atoms with Gasteiger partial charge < -0.3 is 9.30 Å². The van der Waals surface area contributed by atoms with E-state index in [-0.39, 0.29) is 18.9 Å². The quantitative estimate of drug-likeness (QED) is 0.590. The second kappa shape index (κ2) is 8.07. The molecule has 0 radical (unpaired) electrons. The largest absolute Gasteiger partial charge is 0.491 e. The third-order valence-corrected chi connectivity index (χ3v) is 6.24. The Morgan fingerprint density at radius 2 is 1.88 bits per heavy atom. The number of imidazole rings is 1. The maximum Gasteiger partial charge on any atom is 0.215 e. The molecule has 3 rings (SSSR count). The molecule has 0 N–H and O–H groups in total. The van der Waals surface area contributed by atoms with Crippen LogP contribution in [-0.4, -0.2) is 48.2 Å². The Bertz CT molecular complexity index is 988.